The lowest BCUT2D eigenvalue weighted by atomic mass is 10.0. The lowest BCUT2D eigenvalue weighted by molar-refractivity contribution is 0.313. The standard InChI is InChI=1S/C17H22N4/c1-13-16(7-8-17(18)19-13)14-3-5-15(6-4-14)21-11-9-20(2)10-12-21/h3-8H,9-12H2,1-2H3,(H2,18,19). The number of rotatable bonds is 2. The first kappa shape index (κ1) is 13.9. The van der Waals surface area contributed by atoms with Gasteiger partial charge in [0.1, 0.15) is 5.82 Å². The molecule has 1 saturated heterocycles. The van der Waals surface area contributed by atoms with Crippen molar-refractivity contribution in [2.75, 3.05) is 43.9 Å². The fraction of sp³-hybridized carbons (Fsp3) is 0.353. The summed E-state index contributed by atoms with van der Waals surface area (Å²) in [6, 6.07) is 12.7. The van der Waals surface area contributed by atoms with E-state index in [2.05, 4.69) is 46.1 Å². The number of aryl methyl sites for hydroxylation is 1. The number of piperazine rings is 1. The summed E-state index contributed by atoms with van der Waals surface area (Å²) in [4.78, 5) is 9.14. The highest BCUT2D eigenvalue weighted by Gasteiger charge is 2.14. The van der Waals surface area contributed by atoms with Gasteiger partial charge in [-0.25, -0.2) is 4.98 Å². The fourth-order valence-electron chi connectivity index (χ4n) is 2.80. The average Bonchev–Trinajstić information content (AvgIpc) is 2.48. The third kappa shape index (κ3) is 3.00. The van der Waals surface area contributed by atoms with E-state index in [1.807, 2.05) is 19.1 Å². The molecule has 2 aromatic rings. The van der Waals surface area contributed by atoms with Gasteiger partial charge in [0.15, 0.2) is 0 Å². The number of hydrogen-bond acceptors (Lipinski definition) is 4. The highest BCUT2D eigenvalue weighted by atomic mass is 15.2. The van der Waals surface area contributed by atoms with Crippen molar-refractivity contribution in [3.05, 3.63) is 42.1 Å². The average molecular weight is 282 g/mol. The van der Waals surface area contributed by atoms with Gasteiger partial charge in [-0.3, -0.25) is 0 Å². The molecule has 4 nitrogen and oxygen atoms in total. The minimum atomic E-state index is 0.574. The van der Waals surface area contributed by atoms with Crippen molar-refractivity contribution < 1.29 is 0 Å². The molecule has 2 N–H and O–H groups in total. The smallest absolute Gasteiger partial charge is 0.123 e. The van der Waals surface area contributed by atoms with Crippen molar-refractivity contribution in [2.24, 2.45) is 0 Å². The molecule has 110 valence electrons. The van der Waals surface area contributed by atoms with E-state index in [1.165, 1.54) is 11.3 Å². The summed E-state index contributed by atoms with van der Waals surface area (Å²) >= 11 is 0. The third-order valence-electron chi connectivity index (χ3n) is 4.15. The summed E-state index contributed by atoms with van der Waals surface area (Å²) in [7, 11) is 2.18. The number of aromatic nitrogens is 1. The molecule has 1 aliphatic rings. The van der Waals surface area contributed by atoms with Gasteiger partial charge in [-0.2, -0.15) is 0 Å². The van der Waals surface area contributed by atoms with Gasteiger partial charge in [-0.15, -0.1) is 0 Å². The van der Waals surface area contributed by atoms with Gasteiger partial charge in [-0.1, -0.05) is 12.1 Å². The molecule has 1 aromatic carbocycles. The number of likely N-dealkylation sites (N-methyl/N-ethyl adjacent to an activating group) is 1. The van der Waals surface area contributed by atoms with Crippen LogP contribution < -0.4 is 10.6 Å². The van der Waals surface area contributed by atoms with Crippen LogP contribution in [0.2, 0.25) is 0 Å². The molecule has 0 spiro atoms. The summed E-state index contributed by atoms with van der Waals surface area (Å²) in [5, 5.41) is 0. The van der Waals surface area contributed by atoms with Gasteiger partial charge >= 0.3 is 0 Å². The summed E-state index contributed by atoms with van der Waals surface area (Å²) in [5.41, 5.74) is 10.3. The Hall–Kier alpha value is -2.07. The van der Waals surface area contributed by atoms with Gasteiger partial charge in [-0.05, 0) is 43.8 Å². The SMILES string of the molecule is Cc1nc(N)ccc1-c1ccc(N2CCN(C)CC2)cc1. The van der Waals surface area contributed by atoms with Crippen LogP contribution in [0.25, 0.3) is 11.1 Å². The van der Waals surface area contributed by atoms with Crippen molar-refractivity contribution in [2.45, 2.75) is 6.92 Å². The van der Waals surface area contributed by atoms with Crippen molar-refractivity contribution in [3.63, 3.8) is 0 Å². The van der Waals surface area contributed by atoms with Crippen LogP contribution in [0, 0.1) is 6.92 Å². The number of nitrogens with zero attached hydrogens (tertiary/aromatic N) is 3. The third-order valence-corrected chi connectivity index (χ3v) is 4.15. The van der Waals surface area contributed by atoms with E-state index in [0.717, 1.165) is 37.4 Å². The second-order valence-corrected chi connectivity index (χ2v) is 5.71. The molecule has 2 heterocycles. The Balaban J connectivity index is 1.80. The normalized spacial score (nSPS) is 16.2. The molecule has 0 amide bonds. The van der Waals surface area contributed by atoms with E-state index in [0.29, 0.717) is 5.82 Å². The van der Waals surface area contributed by atoms with Crippen LogP contribution >= 0.6 is 0 Å². The summed E-state index contributed by atoms with van der Waals surface area (Å²) < 4.78 is 0. The number of pyridine rings is 1. The Morgan fingerprint density at radius 1 is 0.952 bits per heavy atom. The molecule has 4 heteroatoms. The number of nitrogens with two attached hydrogens (primary N) is 1. The second kappa shape index (κ2) is 5.74. The predicted molar refractivity (Wildman–Crippen MR) is 88.5 cm³/mol. The quantitative estimate of drug-likeness (QED) is 0.918. The van der Waals surface area contributed by atoms with Crippen molar-refractivity contribution in [1.82, 2.24) is 9.88 Å². The molecule has 0 unspecified atom stereocenters. The summed E-state index contributed by atoms with van der Waals surface area (Å²) in [6.45, 7) is 6.45. The van der Waals surface area contributed by atoms with Gasteiger partial charge in [0, 0.05) is 43.1 Å². The van der Waals surface area contributed by atoms with E-state index in [9.17, 15) is 0 Å². The Labute approximate surface area is 126 Å². The Kier molecular flexibility index (Phi) is 3.80. The molecule has 1 fully saturated rings. The summed E-state index contributed by atoms with van der Waals surface area (Å²) in [6.07, 6.45) is 0. The zero-order valence-corrected chi connectivity index (χ0v) is 12.7. The first-order chi connectivity index (χ1) is 10.1. The van der Waals surface area contributed by atoms with E-state index >= 15 is 0 Å². The predicted octanol–water partition coefficient (Wildman–Crippen LogP) is 2.39. The Morgan fingerprint density at radius 3 is 2.24 bits per heavy atom. The highest BCUT2D eigenvalue weighted by molar-refractivity contribution is 5.69. The van der Waals surface area contributed by atoms with Crippen LogP contribution in [-0.2, 0) is 0 Å². The van der Waals surface area contributed by atoms with Crippen LogP contribution in [0.5, 0.6) is 0 Å². The monoisotopic (exact) mass is 282 g/mol. The summed E-state index contributed by atoms with van der Waals surface area (Å²) in [5.74, 6) is 0.574. The largest absolute Gasteiger partial charge is 0.384 e. The van der Waals surface area contributed by atoms with Crippen LogP contribution in [0.4, 0.5) is 11.5 Å². The molecule has 21 heavy (non-hydrogen) atoms. The van der Waals surface area contributed by atoms with Gasteiger partial charge in [0.2, 0.25) is 0 Å². The number of benzene rings is 1. The molecule has 0 atom stereocenters. The van der Waals surface area contributed by atoms with E-state index in [-0.39, 0.29) is 0 Å². The molecule has 0 radical (unpaired) electrons. The Bertz CT molecular complexity index is 613. The zero-order chi connectivity index (χ0) is 14.8. The minimum absolute atomic E-state index is 0.574. The van der Waals surface area contributed by atoms with Gasteiger partial charge in [0.05, 0.1) is 0 Å². The van der Waals surface area contributed by atoms with E-state index in [4.69, 9.17) is 5.73 Å². The maximum atomic E-state index is 5.72. The number of hydrogen-bond donors (Lipinski definition) is 1. The maximum Gasteiger partial charge on any atom is 0.123 e. The maximum absolute atomic E-state index is 5.72. The minimum Gasteiger partial charge on any atom is -0.384 e. The van der Waals surface area contributed by atoms with Crippen LogP contribution in [0.3, 0.4) is 0 Å². The second-order valence-electron chi connectivity index (χ2n) is 5.71. The van der Waals surface area contributed by atoms with Crippen LogP contribution in [0.15, 0.2) is 36.4 Å². The lowest BCUT2D eigenvalue weighted by Gasteiger charge is -2.34. The van der Waals surface area contributed by atoms with E-state index < -0.39 is 0 Å². The van der Waals surface area contributed by atoms with E-state index in [1.54, 1.807) is 0 Å². The van der Waals surface area contributed by atoms with Crippen LogP contribution in [0.1, 0.15) is 5.69 Å². The number of anilines is 2. The molecule has 3 rings (SSSR count). The lowest BCUT2D eigenvalue weighted by Crippen LogP contribution is -2.44. The fourth-order valence-corrected chi connectivity index (χ4v) is 2.80. The first-order valence-corrected chi connectivity index (χ1v) is 7.40. The molecule has 0 bridgehead atoms. The molecular formula is C17H22N4. The Morgan fingerprint density at radius 2 is 1.62 bits per heavy atom. The molecule has 1 aromatic heterocycles. The molecule has 1 aliphatic heterocycles. The van der Waals surface area contributed by atoms with Crippen molar-refractivity contribution in [1.29, 1.82) is 0 Å². The highest BCUT2D eigenvalue weighted by Crippen LogP contribution is 2.26. The van der Waals surface area contributed by atoms with Crippen molar-refractivity contribution in [3.8, 4) is 11.1 Å². The molecule has 0 aliphatic carbocycles. The van der Waals surface area contributed by atoms with Crippen LogP contribution in [-0.4, -0.2) is 43.1 Å². The van der Waals surface area contributed by atoms with Crippen molar-refractivity contribution >= 4 is 11.5 Å². The molecular weight excluding hydrogens is 260 g/mol. The number of nitrogen functional groups attached to an aromatic ring is 1. The van der Waals surface area contributed by atoms with Gasteiger partial charge < -0.3 is 15.5 Å². The first-order valence-electron chi connectivity index (χ1n) is 7.40. The molecule has 0 saturated carbocycles. The zero-order valence-electron chi connectivity index (χ0n) is 12.7. The van der Waals surface area contributed by atoms with Gasteiger partial charge in [0.25, 0.3) is 0 Å². The topological polar surface area (TPSA) is 45.4 Å².